The topological polar surface area (TPSA) is 26.3 Å². The van der Waals surface area contributed by atoms with Crippen molar-refractivity contribution in [2.75, 3.05) is 0 Å². The molecule has 0 bridgehead atoms. The van der Waals surface area contributed by atoms with Gasteiger partial charge in [0.2, 0.25) is 0 Å². The van der Waals surface area contributed by atoms with Gasteiger partial charge in [-0.05, 0) is 88.7 Å². The van der Waals surface area contributed by atoms with Crippen LogP contribution in [0.25, 0.3) is 11.1 Å². The monoisotopic (exact) mass is 572 g/mol. The minimum absolute atomic E-state index is 0.287. The van der Waals surface area contributed by atoms with E-state index in [2.05, 4.69) is 101 Å². The Morgan fingerprint density at radius 2 is 0.932 bits per heavy atom. The average molecular weight is 573 g/mol. The quantitative estimate of drug-likeness (QED) is 0.137. The number of rotatable bonds is 2. The third-order valence-corrected chi connectivity index (χ3v) is 6.98. The molecule has 0 aromatic heterocycles. The van der Waals surface area contributed by atoms with Gasteiger partial charge in [-0.25, -0.2) is 0 Å². The highest BCUT2D eigenvalue weighted by Gasteiger charge is 2.29. The molecule has 0 radical (unpaired) electrons. The van der Waals surface area contributed by atoms with Gasteiger partial charge >= 0.3 is 5.97 Å². The molecule has 44 heavy (non-hydrogen) atoms. The van der Waals surface area contributed by atoms with Crippen LogP contribution in [0.4, 0.5) is 0 Å². The molecule has 4 rings (SSSR count). The number of benzene rings is 4. The molecule has 0 atom stereocenters. The minimum atomic E-state index is -0.341. The lowest BCUT2D eigenvalue weighted by molar-refractivity contribution is -0.132. The van der Waals surface area contributed by atoms with E-state index in [1.165, 1.54) is 6.92 Å². The van der Waals surface area contributed by atoms with Crippen molar-refractivity contribution in [1.82, 2.24) is 0 Å². The maximum Gasteiger partial charge on any atom is 0.308 e. The maximum absolute atomic E-state index is 12.2. The largest absolute Gasteiger partial charge is 0.426 e. The van der Waals surface area contributed by atoms with Gasteiger partial charge in [0, 0.05) is 51.4 Å². The number of terminal acetylenes is 2. The standard InChI is InChI=1S/C42H36O2/c1-10-30-14-12-16-32(22-30)18-20-34-24-35(21-19-33-17-13-15-31(11-2)23-33)26-36(25-34)37-27-38(41(4,5)6)40(44-29(3)43)39(28-37)42(7,8)9/h1-2,12-17,22-28H,3-9H3. The van der Waals surface area contributed by atoms with E-state index in [9.17, 15) is 4.79 Å². The number of hydrogen-bond donors (Lipinski definition) is 0. The fourth-order valence-corrected chi connectivity index (χ4v) is 4.76. The molecule has 0 spiro atoms. The Balaban J connectivity index is 1.96. The van der Waals surface area contributed by atoms with Crippen LogP contribution in [0.3, 0.4) is 0 Å². The van der Waals surface area contributed by atoms with Gasteiger partial charge < -0.3 is 4.74 Å². The number of hydrogen-bond acceptors (Lipinski definition) is 2. The normalized spacial score (nSPS) is 10.8. The molecule has 0 amide bonds. The zero-order chi connectivity index (χ0) is 32.1. The third kappa shape index (κ3) is 7.90. The van der Waals surface area contributed by atoms with Crippen LogP contribution in [-0.4, -0.2) is 5.97 Å². The van der Waals surface area contributed by atoms with E-state index in [1.807, 2.05) is 54.6 Å². The van der Waals surface area contributed by atoms with Gasteiger partial charge in [0.15, 0.2) is 0 Å². The zero-order valence-electron chi connectivity index (χ0n) is 26.5. The highest BCUT2D eigenvalue weighted by atomic mass is 16.5. The van der Waals surface area contributed by atoms with Crippen LogP contribution in [0, 0.1) is 48.4 Å². The molecule has 0 N–H and O–H groups in total. The summed E-state index contributed by atoms with van der Waals surface area (Å²) in [7, 11) is 0. The molecule has 0 heterocycles. The molecule has 2 heteroatoms. The highest BCUT2D eigenvalue weighted by molar-refractivity contribution is 5.76. The number of carbonyl (C=O) groups excluding carboxylic acids is 1. The van der Waals surface area contributed by atoms with Crippen LogP contribution in [0.1, 0.15) is 93.0 Å². The molecule has 0 fully saturated rings. The summed E-state index contributed by atoms with van der Waals surface area (Å²) < 4.78 is 5.87. The fraction of sp³-hybridized carbons (Fsp3) is 0.214. The van der Waals surface area contributed by atoms with E-state index in [-0.39, 0.29) is 16.8 Å². The van der Waals surface area contributed by atoms with Crippen molar-refractivity contribution in [3.8, 4) is 65.2 Å². The van der Waals surface area contributed by atoms with E-state index in [1.54, 1.807) is 0 Å². The van der Waals surface area contributed by atoms with Gasteiger partial charge in [-0.2, -0.15) is 0 Å². The van der Waals surface area contributed by atoms with Gasteiger partial charge in [0.25, 0.3) is 0 Å². The van der Waals surface area contributed by atoms with Crippen LogP contribution in [-0.2, 0) is 15.6 Å². The Morgan fingerprint density at radius 1 is 0.568 bits per heavy atom. The van der Waals surface area contributed by atoms with E-state index in [4.69, 9.17) is 17.6 Å². The molecule has 0 saturated heterocycles. The first-order chi connectivity index (χ1) is 20.8. The zero-order valence-corrected chi connectivity index (χ0v) is 26.5. The average Bonchev–Trinajstić information content (AvgIpc) is 2.97. The molecule has 0 unspecified atom stereocenters. The van der Waals surface area contributed by atoms with Crippen LogP contribution >= 0.6 is 0 Å². The lowest BCUT2D eigenvalue weighted by atomic mass is 9.77. The third-order valence-electron chi connectivity index (χ3n) is 6.98. The van der Waals surface area contributed by atoms with Gasteiger partial charge in [0.1, 0.15) is 5.75 Å². The molecule has 2 nitrogen and oxygen atoms in total. The number of ether oxygens (including phenoxy) is 1. The fourth-order valence-electron chi connectivity index (χ4n) is 4.76. The molecule has 4 aromatic carbocycles. The Labute approximate surface area is 262 Å². The summed E-state index contributed by atoms with van der Waals surface area (Å²) in [5.74, 6) is 18.8. The Morgan fingerprint density at radius 3 is 1.32 bits per heavy atom. The van der Waals surface area contributed by atoms with Crippen molar-refractivity contribution in [2.45, 2.75) is 59.3 Å². The summed E-state index contributed by atoms with van der Waals surface area (Å²) >= 11 is 0. The summed E-state index contributed by atoms with van der Waals surface area (Å²) in [5, 5.41) is 0. The van der Waals surface area contributed by atoms with Crippen molar-refractivity contribution in [2.24, 2.45) is 0 Å². The van der Waals surface area contributed by atoms with Crippen molar-refractivity contribution in [3.05, 3.63) is 123 Å². The second-order valence-corrected chi connectivity index (χ2v) is 12.7. The molecule has 0 aliphatic heterocycles. The molecular weight excluding hydrogens is 536 g/mol. The van der Waals surface area contributed by atoms with E-state index in [0.717, 1.165) is 55.6 Å². The second kappa shape index (κ2) is 12.8. The first kappa shape index (κ1) is 31.5. The Kier molecular flexibility index (Phi) is 9.20. The summed E-state index contributed by atoms with van der Waals surface area (Å²) in [6, 6.07) is 25.6. The van der Waals surface area contributed by atoms with Crippen LogP contribution in [0.5, 0.6) is 5.75 Å². The van der Waals surface area contributed by atoms with Gasteiger partial charge in [-0.3, -0.25) is 4.79 Å². The summed E-state index contributed by atoms with van der Waals surface area (Å²) in [6.45, 7) is 14.2. The first-order valence-electron chi connectivity index (χ1n) is 14.5. The summed E-state index contributed by atoms with van der Waals surface area (Å²) in [4.78, 5) is 12.2. The van der Waals surface area contributed by atoms with E-state index < -0.39 is 0 Å². The SMILES string of the molecule is C#Cc1cccc(C#Cc2cc(C#Cc3cccc(C#C)c3)cc(-c3cc(C(C)(C)C)c(OC(C)=O)c(C(C)(C)C)c3)c2)c1. The van der Waals surface area contributed by atoms with E-state index >= 15 is 0 Å². The van der Waals surface area contributed by atoms with Crippen LogP contribution in [0.2, 0.25) is 0 Å². The van der Waals surface area contributed by atoms with Gasteiger partial charge in [-0.15, -0.1) is 12.8 Å². The smallest absolute Gasteiger partial charge is 0.308 e. The maximum atomic E-state index is 12.2. The predicted molar refractivity (Wildman–Crippen MR) is 181 cm³/mol. The number of esters is 1. The van der Waals surface area contributed by atoms with Crippen LogP contribution in [0.15, 0.2) is 78.9 Å². The Bertz CT molecular complexity index is 1820. The highest BCUT2D eigenvalue weighted by Crippen LogP contribution is 2.43. The van der Waals surface area contributed by atoms with E-state index in [0.29, 0.717) is 5.75 Å². The summed E-state index contributed by atoms with van der Waals surface area (Å²) in [6.07, 6.45) is 11.2. The summed E-state index contributed by atoms with van der Waals surface area (Å²) in [5.41, 5.74) is 8.15. The van der Waals surface area contributed by atoms with Crippen LogP contribution < -0.4 is 4.74 Å². The molecular formula is C42H36O2. The van der Waals surface area contributed by atoms with Gasteiger partial charge in [0.05, 0.1) is 0 Å². The Hall–Kier alpha value is -5.41. The minimum Gasteiger partial charge on any atom is -0.426 e. The predicted octanol–water partition coefficient (Wildman–Crippen LogP) is 8.64. The van der Waals surface area contributed by atoms with Crippen molar-refractivity contribution < 1.29 is 9.53 Å². The van der Waals surface area contributed by atoms with Crippen molar-refractivity contribution in [1.29, 1.82) is 0 Å². The molecule has 0 aliphatic rings. The lowest BCUT2D eigenvalue weighted by Crippen LogP contribution is -2.21. The molecule has 4 aromatic rings. The van der Waals surface area contributed by atoms with Crippen molar-refractivity contribution >= 4 is 5.97 Å². The van der Waals surface area contributed by atoms with Crippen molar-refractivity contribution in [3.63, 3.8) is 0 Å². The molecule has 216 valence electrons. The molecule has 0 aliphatic carbocycles. The molecule has 0 saturated carbocycles. The number of carbonyl (C=O) groups is 1. The first-order valence-corrected chi connectivity index (χ1v) is 14.5. The van der Waals surface area contributed by atoms with Gasteiger partial charge in [-0.1, -0.05) is 89.2 Å². The lowest BCUT2D eigenvalue weighted by Gasteiger charge is -2.30. The second-order valence-electron chi connectivity index (χ2n) is 12.7.